The van der Waals surface area contributed by atoms with Crippen LogP contribution in [0.2, 0.25) is 0 Å². The summed E-state index contributed by atoms with van der Waals surface area (Å²) in [6, 6.07) is 1.98. The summed E-state index contributed by atoms with van der Waals surface area (Å²) in [6.07, 6.45) is 2.64. The molecule has 2 N–H and O–H groups in total. The van der Waals surface area contributed by atoms with Gasteiger partial charge < -0.3 is 14.8 Å². The van der Waals surface area contributed by atoms with E-state index in [2.05, 4.69) is 5.32 Å². The van der Waals surface area contributed by atoms with Crippen molar-refractivity contribution in [3.63, 3.8) is 0 Å². The predicted octanol–water partition coefficient (Wildman–Crippen LogP) is 2.04. The zero-order chi connectivity index (χ0) is 11.3. The van der Waals surface area contributed by atoms with Crippen molar-refractivity contribution in [2.24, 2.45) is 0 Å². The largest absolute Gasteiger partial charge is 0.468 e. The Morgan fingerprint density at radius 3 is 2.80 bits per heavy atom. The summed E-state index contributed by atoms with van der Waals surface area (Å²) in [7, 11) is 1.88. The first-order valence-corrected chi connectivity index (χ1v) is 6.06. The topological polar surface area (TPSA) is 45.4 Å². The molecule has 0 spiro atoms. The van der Waals surface area contributed by atoms with Crippen LogP contribution in [0.25, 0.3) is 0 Å². The SMILES string of the molecule is CNC(C)(CO)CCSc1ccoc1C. The van der Waals surface area contributed by atoms with Gasteiger partial charge in [-0.3, -0.25) is 0 Å². The summed E-state index contributed by atoms with van der Waals surface area (Å²) in [5.41, 5.74) is -0.176. The number of aliphatic hydroxyl groups is 1. The number of likely N-dealkylation sites (N-methyl/N-ethyl adjacent to an activating group) is 1. The molecular weight excluding hydrogens is 210 g/mol. The number of thioether (sulfide) groups is 1. The maximum atomic E-state index is 9.21. The van der Waals surface area contributed by atoms with Crippen molar-refractivity contribution in [3.05, 3.63) is 18.1 Å². The molecule has 0 saturated heterocycles. The van der Waals surface area contributed by atoms with E-state index in [1.165, 1.54) is 4.90 Å². The second-order valence-corrected chi connectivity index (χ2v) is 5.05. The van der Waals surface area contributed by atoms with Crippen molar-refractivity contribution in [3.8, 4) is 0 Å². The van der Waals surface area contributed by atoms with Crippen LogP contribution in [0.15, 0.2) is 21.6 Å². The van der Waals surface area contributed by atoms with E-state index in [1.807, 2.05) is 27.0 Å². The highest BCUT2D eigenvalue weighted by molar-refractivity contribution is 7.99. The van der Waals surface area contributed by atoms with Crippen LogP contribution in [-0.4, -0.2) is 30.1 Å². The molecule has 1 aromatic heterocycles. The fourth-order valence-corrected chi connectivity index (χ4v) is 2.37. The Bertz CT molecular complexity index is 295. The normalized spacial score (nSPS) is 15.2. The number of furan rings is 1. The van der Waals surface area contributed by atoms with E-state index in [0.29, 0.717) is 0 Å². The van der Waals surface area contributed by atoms with Crippen LogP contribution >= 0.6 is 11.8 Å². The van der Waals surface area contributed by atoms with Crippen LogP contribution in [-0.2, 0) is 0 Å². The quantitative estimate of drug-likeness (QED) is 0.733. The van der Waals surface area contributed by atoms with Crippen molar-refractivity contribution >= 4 is 11.8 Å². The highest BCUT2D eigenvalue weighted by atomic mass is 32.2. The standard InChI is InChI=1S/C11H19NO2S/c1-9-10(4-6-14-9)15-7-5-11(2,8-13)12-3/h4,6,12-13H,5,7-8H2,1-3H3. The molecule has 86 valence electrons. The van der Waals surface area contributed by atoms with Gasteiger partial charge in [0.25, 0.3) is 0 Å². The van der Waals surface area contributed by atoms with Gasteiger partial charge in [-0.1, -0.05) is 0 Å². The first-order valence-electron chi connectivity index (χ1n) is 5.08. The van der Waals surface area contributed by atoms with E-state index >= 15 is 0 Å². The zero-order valence-electron chi connectivity index (χ0n) is 9.54. The average Bonchev–Trinajstić information content (AvgIpc) is 2.64. The Hall–Kier alpha value is -0.450. The minimum atomic E-state index is -0.176. The highest BCUT2D eigenvalue weighted by Crippen LogP contribution is 2.25. The van der Waals surface area contributed by atoms with Crippen LogP contribution in [0.4, 0.5) is 0 Å². The summed E-state index contributed by atoms with van der Waals surface area (Å²) in [5, 5.41) is 12.3. The molecule has 1 atom stereocenters. The molecule has 0 aliphatic carbocycles. The van der Waals surface area contributed by atoms with Crippen molar-refractivity contribution in [1.82, 2.24) is 5.32 Å². The minimum absolute atomic E-state index is 0.161. The van der Waals surface area contributed by atoms with Gasteiger partial charge in [0, 0.05) is 10.4 Å². The zero-order valence-corrected chi connectivity index (χ0v) is 10.4. The molecule has 0 radical (unpaired) electrons. The Balaban J connectivity index is 2.36. The maximum absolute atomic E-state index is 9.21. The van der Waals surface area contributed by atoms with E-state index in [-0.39, 0.29) is 12.1 Å². The maximum Gasteiger partial charge on any atom is 0.114 e. The van der Waals surface area contributed by atoms with Crippen molar-refractivity contribution in [1.29, 1.82) is 0 Å². The highest BCUT2D eigenvalue weighted by Gasteiger charge is 2.20. The number of hydrogen-bond donors (Lipinski definition) is 2. The van der Waals surface area contributed by atoms with Crippen LogP contribution in [0.3, 0.4) is 0 Å². The molecule has 0 saturated carbocycles. The summed E-state index contributed by atoms with van der Waals surface area (Å²) in [6.45, 7) is 4.15. The lowest BCUT2D eigenvalue weighted by Gasteiger charge is -2.26. The first kappa shape index (κ1) is 12.6. The molecule has 15 heavy (non-hydrogen) atoms. The molecule has 4 heteroatoms. The lowest BCUT2D eigenvalue weighted by atomic mass is 10.0. The molecule has 3 nitrogen and oxygen atoms in total. The number of rotatable bonds is 6. The molecule has 1 rings (SSSR count). The molecular formula is C11H19NO2S. The van der Waals surface area contributed by atoms with Gasteiger partial charge in [-0.15, -0.1) is 11.8 Å². The Labute approximate surface area is 95.2 Å². The molecule has 0 bridgehead atoms. The lowest BCUT2D eigenvalue weighted by molar-refractivity contribution is 0.179. The smallest absolute Gasteiger partial charge is 0.114 e. The van der Waals surface area contributed by atoms with E-state index in [0.717, 1.165) is 17.9 Å². The number of nitrogens with one attached hydrogen (secondary N) is 1. The molecule has 1 heterocycles. The molecule has 0 amide bonds. The van der Waals surface area contributed by atoms with Gasteiger partial charge in [0.15, 0.2) is 0 Å². The van der Waals surface area contributed by atoms with Gasteiger partial charge in [-0.25, -0.2) is 0 Å². The third-order valence-electron chi connectivity index (χ3n) is 2.68. The number of aryl methyl sites for hydroxylation is 1. The predicted molar refractivity (Wildman–Crippen MR) is 63.3 cm³/mol. The Morgan fingerprint density at radius 1 is 1.60 bits per heavy atom. The first-order chi connectivity index (χ1) is 7.11. The molecule has 1 aromatic rings. The van der Waals surface area contributed by atoms with Gasteiger partial charge >= 0.3 is 0 Å². The van der Waals surface area contributed by atoms with Gasteiger partial charge in [0.1, 0.15) is 5.76 Å². The summed E-state index contributed by atoms with van der Waals surface area (Å²) in [4.78, 5) is 1.19. The van der Waals surface area contributed by atoms with Gasteiger partial charge in [-0.05, 0) is 39.1 Å². The molecule has 0 fully saturated rings. The van der Waals surface area contributed by atoms with E-state index in [4.69, 9.17) is 4.42 Å². The number of aliphatic hydroxyl groups excluding tert-OH is 1. The second-order valence-electron chi connectivity index (χ2n) is 3.91. The van der Waals surface area contributed by atoms with Crippen molar-refractivity contribution < 1.29 is 9.52 Å². The minimum Gasteiger partial charge on any atom is -0.468 e. The van der Waals surface area contributed by atoms with Crippen molar-refractivity contribution in [2.45, 2.75) is 30.7 Å². The van der Waals surface area contributed by atoms with Gasteiger partial charge in [-0.2, -0.15) is 0 Å². The van der Waals surface area contributed by atoms with Crippen LogP contribution < -0.4 is 5.32 Å². The lowest BCUT2D eigenvalue weighted by Crippen LogP contribution is -2.43. The fraction of sp³-hybridized carbons (Fsp3) is 0.636. The summed E-state index contributed by atoms with van der Waals surface area (Å²) >= 11 is 1.77. The monoisotopic (exact) mass is 229 g/mol. The van der Waals surface area contributed by atoms with Crippen LogP contribution in [0, 0.1) is 6.92 Å². The molecule has 0 aliphatic heterocycles. The summed E-state index contributed by atoms with van der Waals surface area (Å²) < 4.78 is 5.21. The van der Waals surface area contributed by atoms with Crippen LogP contribution in [0.5, 0.6) is 0 Å². The summed E-state index contributed by atoms with van der Waals surface area (Å²) in [5.74, 6) is 1.94. The third kappa shape index (κ3) is 3.55. The molecule has 1 unspecified atom stereocenters. The Kier molecular flexibility index (Phi) is 4.70. The average molecular weight is 229 g/mol. The molecule has 0 aliphatic rings. The van der Waals surface area contributed by atoms with Crippen LogP contribution in [0.1, 0.15) is 19.1 Å². The third-order valence-corrected chi connectivity index (χ3v) is 3.82. The van der Waals surface area contributed by atoms with Gasteiger partial charge in [0.05, 0.1) is 12.9 Å². The van der Waals surface area contributed by atoms with Gasteiger partial charge in [0.2, 0.25) is 0 Å². The van der Waals surface area contributed by atoms with Crippen molar-refractivity contribution in [2.75, 3.05) is 19.4 Å². The van der Waals surface area contributed by atoms with E-state index < -0.39 is 0 Å². The van der Waals surface area contributed by atoms with E-state index in [1.54, 1.807) is 18.0 Å². The second kappa shape index (κ2) is 5.58. The fourth-order valence-electron chi connectivity index (χ4n) is 1.19. The number of hydrogen-bond acceptors (Lipinski definition) is 4. The molecule has 0 aromatic carbocycles. The van der Waals surface area contributed by atoms with E-state index in [9.17, 15) is 5.11 Å². The Morgan fingerprint density at radius 2 is 2.33 bits per heavy atom.